The second-order valence-electron chi connectivity index (χ2n) is 4.22. The number of aliphatic hydroxyl groups is 1. The molecule has 1 rings (SSSR count). The van der Waals surface area contributed by atoms with Crippen LogP contribution in [0.4, 0.5) is 0 Å². The van der Waals surface area contributed by atoms with Crippen LogP contribution >= 0.6 is 0 Å². The Morgan fingerprint density at radius 1 is 1.48 bits per heavy atom. The van der Waals surface area contributed by atoms with Crippen LogP contribution in [0.5, 0.6) is 5.75 Å². The van der Waals surface area contributed by atoms with Crippen LogP contribution in [0.15, 0.2) is 18.2 Å². The highest BCUT2D eigenvalue weighted by Crippen LogP contribution is 2.18. The molecule has 0 bridgehead atoms. The molecular weight excluding hydrogens is 290 g/mol. The number of amides is 1. The number of benzene rings is 1. The lowest BCUT2D eigenvalue weighted by Crippen LogP contribution is -2.27. The first-order valence-corrected chi connectivity index (χ1v) is 8.17. The highest BCUT2D eigenvalue weighted by atomic mass is 32.2. The van der Waals surface area contributed by atoms with Crippen LogP contribution in [-0.2, 0) is 10.8 Å². The Morgan fingerprint density at radius 3 is 2.86 bits per heavy atom. The van der Waals surface area contributed by atoms with Crippen LogP contribution in [-0.4, -0.2) is 47.5 Å². The fourth-order valence-electron chi connectivity index (χ4n) is 1.57. The van der Waals surface area contributed by atoms with Gasteiger partial charge in [0.1, 0.15) is 5.75 Å². The van der Waals surface area contributed by atoms with Crippen molar-refractivity contribution in [2.24, 2.45) is 0 Å². The van der Waals surface area contributed by atoms with Gasteiger partial charge in [0.2, 0.25) is 0 Å². The number of ether oxygens (including phenoxy) is 1. The second-order valence-corrected chi connectivity index (χ2v) is 5.78. The summed E-state index contributed by atoms with van der Waals surface area (Å²) in [5, 5.41) is 11.4. The first-order chi connectivity index (χ1) is 10.1. The third-order valence-electron chi connectivity index (χ3n) is 2.60. The van der Waals surface area contributed by atoms with Crippen molar-refractivity contribution >= 4 is 16.7 Å². The molecule has 21 heavy (non-hydrogen) atoms. The van der Waals surface area contributed by atoms with Crippen molar-refractivity contribution in [2.75, 3.05) is 32.3 Å². The summed E-state index contributed by atoms with van der Waals surface area (Å²) in [6.45, 7) is 0.350. The molecule has 0 saturated heterocycles. The fourth-order valence-corrected chi connectivity index (χ4v) is 1.96. The van der Waals surface area contributed by atoms with Gasteiger partial charge in [0, 0.05) is 41.3 Å². The quantitative estimate of drug-likeness (QED) is 0.752. The van der Waals surface area contributed by atoms with E-state index in [4.69, 9.17) is 9.84 Å². The maximum atomic E-state index is 12.0. The molecule has 1 amide bonds. The topological polar surface area (TPSA) is 75.6 Å². The molecule has 0 fully saturated rings. The number of carbonyl (C=O) groups excluding carboxylic acids is 1. The summed E-state index contributed by atoms with van der Waals surface area (Å²) < 4.78 is 16.1. The lowest BCUT2D eigenvalue weighted by atomic mass is 10.1. The molecule has 0 aliphatic heterocycles. The molecule has 0 aliphatic rings. The van der Waals surface area contributed by atoms with E-state index in [0.29, 0.717) is 35.6 Å². The van der Waals surface area contributed by atoms with Crippen LogP contribution < -0.4 is 10.1 Å². The van der Waals surface area contributed by atoms with Gasteiger partial charge in [-0.2, -0.15) is 0 Å². The molecule has 0 radical (unpaired) electrons. The Balaban J connectivity index is 2.84. The number of nitrogens with one attached hydrogen (secondary N) is 1. The Kier molecular flexibility index (Phi) is 7.51. The van der Waals surface area contributed by atoms with Crippen LogP contribution in [0.1, 0.15) is 22.3 Å². The van der Waals surface area contributed by atoms with Crippen molar-refractivity contribution in [2.45, 2.75) is 6.42 Å². The SMILES string of the molecule is COc1ccc(C(=O)NCCS(C)=O)cc1C#CCCO. The summed E-state index contributed by atoms with van der Waals surface area (Å²) in [5.41, 5.74) is 1.06. The molecule has 1 aromatic rings. The van der Waals surface area contributed by atoms with Crippen molar-refractivity contribution in [3.63, 3.8) is 0 Å². The maximum Gasteiger partial charge on any atom is 0.251 e. The smallest absolute Gasteiger partial charge is 0.251 e. The molecule has 0 spiro atoms. The molecule has 5 nitrogen and oxygen atoms in total. The largest absolute Gasteiger partial charge is 0.495 e. The van der Waals surface area contributed by atoms with Gasteiger partial charge >= 0.3 is 0 Å². The molecule has 1 unspecified atom stereocenters. The second kappa shape index (κ2) is 9.16. The Bertz CT molecular complexity index is 575. The lowest BCUT2D eigenvalue weighted by molar-refractivity contribution is 0.0956. The first kappa shape index (κ1) is 17.2. The average Bonchev–Trinajstić information content (AvgIpc) is 2.47. The lowest BCUT2D eigenvalue weighted by Gasteiger charge is -2.07. The fraction of sp³-hybridized carbons (Fsp3) is 0.400. The number of carbonyl (C=O) groups is 1. The average molecular weight is 309 g/mol. The summed E-state index contributed by atoms with van der Waals surface area (Å²) in [4.78, 5) is 12.0. The van der Waals surface area contributed by atoms with E-state index in [2.05, 4.69) is 17.2 Å². The van der Waals surface area contributed by atoms with Gasteiger partial charge in [0.25, 0.3) is 5.91 Å². The normalized spacial score (nSPS) is 11.2. The molecule has 1 aromatic carbocycles. The van der Waals surface area contributed by atoms with E-state index in [9.17, 15) is 9.00 Å². The molecule has 114 valence electrons. The van der Waals surface area contributed by atoms with E-state index < -0.39 is 10.8 Å². The van der Waals surface area contributed by atoms with Crippen LogP contribution in [0.25, 0.3) is 0 Å². The zero-order valence-corrected chi connectivity index (χ0v) is 13.0. The summed E-state index contributed by atoms with van der Waals surface area (Å²) in [6, 6.07) is 4.96. The van der Waals surface area contributed by atoms with Crippen molar-refractivity contribution in [1.29, 1.82) is 0 Å². The number of hydrogen-bond donors (Lipinski definition) is 2. The highest BCUT2D eigenvalue weighted by molar-refractivity contribution is 7.84. The van der Waals surface area contributed by atoms with Crippen molar-refractivity contribution in [3.8, 4) is 17.6 Å². The predicted molar refractivity (Wildman–Crippen MR) is 82.8 cm³/mol. The zero-order valence-electron chi connectivity index (χ0n) is 12.1. The Labute approximate surface area is 127 Å². The zero-order chi connectivity index (χ0) is 15.7. The molecule has 0 aromatic heterocycles. The summed E-state index contributed by atoms with van der Waals surface area (Å²) in [5.74, 6) is 6.42. The van der Waals surface area contributed by atoms with Crippen molar-refractivity contribution < 1.29 is 18.8 Å². The van der Waals surface area contributed by atoms with Crippen LogP contribution in [0.3, 0.4) is 0 Å². The highest BCUT2D eigenvalue weighted by Gasteiger charge is 2.09. The summed E-state index contributed by atoms with van der Waals surface area (Å²) in [7, 11) is 0.597. The van der Waals surface area contributed by atoms with E-state index in [-0.39, 0.29) is 12.5 Å². The van der Waals surface area contributed by atoms with Gasteiger partial charge in [-0.15, -0.1) is 0 Å². The number of methoxy groups -OCH3 is 1. The van der Waals surface area contributed by atoms with Gasteiger partial charge in [-0.05, 0) is 18.2 Å². The first-order valence-electron chi connectivity index (χ1n) is 6.44. The number of hydrogen-bond acceptors (Lipinski definition) is 4. The van der Waals surface area contributed by atoms with Gasteiger partial charge in [0.15, 0.2) is 0 Å². The van der Waals surface area contributed by atoms with E-state index in [0.717, 1.165) is 0 Å². The van der Waals surface area contributed by atoms with Crippen LogP contribution in [0.2, 0.25) is 0 Å². The third-order valence-corrected chi connectivity index (χ3v) is 3.38. The molecule has 0 heterocycles. The maximum absolute atomic E-state index is 12.0. The minimum Gasteiger partial charge on any atom is -0.495 e. The van der Waals surface area contributed by atoms with E-state index in [1.165, 1.54) is 7.11 Å². The summed E-state index contributed by atoms with van der Waals surface area (Å²) in [6.07, 6.45) is 1.95. The Morgan fingerprint density at radius 2 is 2.24 bits per heavy atom. The van der Waals surface area contributed by atoms with Gasteiger partial charge < -0.3 is 15.2 Å². The molecule has 1 atom stereocenters. The third kappa shape index (κ3) is 5.98. The standard InChI is InChI=1S/C15H19NO4S/c1-20-14-7-6-13(11-12(14)5-3-4-9-17)15(18)16-8-10-21(2)19/h6-7,11,17H,4,8-10H2,1-2H3,(H,16,18). The van der Waals surface area contributed by atoms with Crippen molar-refractivity contribution in [1.82, 2.24) is 5.32 Å². The van der Waals surface area contributed by atoms with E-state index in [1.54, 1.807) is 24.5 Å². The molecule has 2 N–H and O–H groups in total. The van der Waals surface area contributed by atoms with E-state index >= 15 is 0 Å². The summed E-state index contributed by atoms with van der Waals surface area (Å²) >= 11 is 0. The number of aliphatic hydroxyl groups excluding tert-OH is 1. The molecule has 0 saturated carbocycles. The van der Waals surface area contributed by atoms with Gasteiger partial charge in [-0.3, -0.25) is 9.00 Å². The van der Waals surface area contributed by atoms with Gasteiger partial charge in [0.05, 0.1) is 19.3 Å². The predicted octanol–water partition coefficient (Wildman–Crippen LogP) is 0.537. The van der Waals surface area contributed by atoms with Gasteiger partial charge in [-0.25, -0.2) is 0 Å². The Hall–Kier alpha value is -1.84. The van der Waals surface area contributed by atoms with Crippen molar-refractivity contribution in [3.05, 3.63) is 29.3 Å². The minimum atomic E-state index is -0.934. The van der Waals surface area contributed by atoms with Crippen LogP contribution in [0, 0.1) is 11.8 Å². The monoisotopic (exact) mass is 309 g/mol. The molecule has 6 heteroatoms. The minimum absolute atomic E-state index is 0.0103. The van der Waals surface area contributed by atoms with Gasteiger partial charge in [-0.1, -0.05) is 11.8 Å². The van der Waals surface area contributed by atoms with E-state index in [1.807, 2.05) is 0 Å². The molecular formula is C15H19NO4S. The number of rotatable bonds is 6. The molecule has 0 aliphatic carbocycles.